The van der Waals surface area contributed by atoms with E-state index in [1.807, 2.05) is 6.92 Å². The van der Waals surface area contributed by atoms with Gasteiger partial charge in [-0.25, -0.2) is 10.5 Å². The number of nitrogens with zero attached hydrogens (tertiary/aromatic N) is 2. The zero-order valence-electron chi connectivity index (χ0n) is 17.0. The van der Waals surface area contributed by atoms with Crippen LogP contribution in [0.5, 0.6) is 0 Å². The smallest absolute Gasteiger partial charge is 0.274 e. The summed E-state index contributed by atoms with van der Waals surface area (Å²) >= 11 is 0. The van der Waals surface area contributed by atoms with Crippen LogP contribution in [0.25, 0.3) is 16.6 Å². The van der Waals surface area contributed by atoms with E-state index >= 15 is 0 Å². The summed E-state index contributed by atoms with van der Waals surface area (Å²) in [5.74, 6) is -0.0880. The second kappa shape index (κ2) is 8.29. The van der Waals surface area contributed by atoms with Crippen LogP contribution in [-0.2, 0) is 4.79 Å². The zero-order valence-corrected chi connectivity index (χ0v) is 17.0. The summed E-state index contributed by atoms with van der Waals surface area (Å²) in [7, 11) is 0. The minimum atomic E-state index is -0.703. The molecule has 3 heterocycles. The van der Waals surface area contributed by atoms with E-state index in [1.165, 1.54) is 16.7 Å². The average Bonchev–Trinajstić information content (AvgIpc) is 2.79. The standard InChI is InChI=1S/C22H23N5O4/c1-22(8-10-23-11-9-22)21(30)25-17-3-2-4-18(24-17)27-12-7-14-5-6-15(19(28)26-31)13-16(14)20(27)29/h2-7,12-13,23,31H,8-11H2,1H3,(H,26,28)(H,24,25,30). The molecule has 9 nitrogen and oxygen atoms in total. The van der Waals surface area contributed by atoms with Crippen molar-refractivity contribution in [3.63, 3.8) is 0 Å². The molecular formula is C22H23N5O4. The van der Waals surface area contributed by atoms with Crippen LogP contribution in [0.3, 0.4) is 0 Å². The number of pyridine rings is 2. The van der Waals surface area contributed by atoms with Crippen molar-refractivity contribution in [3.8, 4) is 5.82 Å². The van der Waals surface area contributed by atoms with Gasteiger partial charge in [-0.2, -0.15) is 0 Å². The third-order valence-corrected chi connectivity index (χ3v) is 5.75. The van der Waals surface area contributed by atoms with E-state index in [0.29, 0.717) is 22.4 Å². The lowest BCUT2D eigenvalue weighted by atomic mass is 9.80. The highest BCUT2D eigenvalue weighted by Crippen LogP contribution is 2.29. The molecule has 2 aromatic heterocycles. The van der Waals surface area contributed by atoms with Crippen LogP contribution >= 0.6 is 0 Å². The highest BCUT2D eigenvalue weighted by Gasteiger charge is 2.34. The van der Waals surface area contributed by atoms with Gasteiger partial charge in [0, 0.05) is 22.6 Å². The van der Waals surface area contributed by atoms with E-state index in [-0.39, 0.29) is 17.0 Å². The second-order valence-electron chi connectivity index (χ2n) is 7.88. The Kier molecular flexibility index (Phi) is 5.53. The first-order valence-corrected chi connectivity index (χ1v) is 10.0. The number of fused-ring (bicyclic) bond motifs is 1. The highest BCUT2D eigenvalue weighted by atomic mass is 16.5. The molecule has 1 aliphatic rings. The van der Waals surface area contributed by atoms with E-state index in [1.54, 1.807) is 42.0 Å². The minimum absolute atomic E-state index is 0.0934. The van der Waals surface area contributed by atoms with Gasteiger partial charge in [-0.3, -0.25) is 24.2 Å². The Morgan fingerprint density at radius 2 is 1.94 bits per heavy atom. The summed E-state index contributed by atoms with van der Waals surface area (Å²) in [4.78, 5) is 42.0. The third kappa shape index (κ3) is 4.05. The van der Waals surface area contributed by atoms with Crippen LogP contribution in [0.4, 0.5) is 5.82 Å². The molecule has 1 fully saturated rings. The van der Waals surface area contributed by atoms with Gasteiger partial charge in [-0.1, -0.05) is 19.1 Å². The summed E-state index contributed by atoms with van der Waals surface area (Å²) in [5.41, 5.74) is 0.889. The van der Waals surface area contributed by atoms with Gasteiger partial charge >= 0.3 is 0 Å². The third-order valence-electron chi connectivity index (χ3n) is 5.75. The predicted molar refractivity (Wildman–Crippen MR) is 115 cm³/mol. The zero-order chi connectivity index (χ0) is 22.0. The maximum atomic E-state index is 13.1. The molecule has 0 atom stereocenters. The minimum Gasteiger partial charge on any atom is -0.317 e. The fourth-order valence-corrected chi connectivity index (χ4v) is 3.73. The lowest BCUT2D eigenvalue weighted by Gasteiger charge is -2.32. The number of amides is 2. The summed E-state index contributed by atoms with van der Waals surface area (Å²) in [5, 5.41) is 15.9. The summed E-state index contributed by atoms with van der Waals surface area (Å²) < 4.78 is 1.35. The van der Waals surface area contributed by atoms with Crippen LogP contribution in [0.2, 0.25) is 0 Å². The first kappa shape index (κ1) is 20.7. The van der Waals surface area contributed by atoms with Crippen molar-refractivity contribution in [1.29, 1.82) is 0 Å². The quantitative estimate of drug-likeness (QED) is 0.376. The lowest BCUT2D eigenvalue weighted by molar-refractivity contribution is -0.126. The molecule has 31 heavy (non-hydrogen) atoms. The highest BCUT2D eigenvalue weighted by molar-refractivity contribution is 5.98. The first-order valence-electron chi connectivity index (χ1n) is 10.0. The molecule has 1 aromatic carbocycles. The summed E-state index contributed by atoms with van der Waals surface area (Å²) in [6.45, 7) is 3.53. The Balaban J connectivity index is 1.67. The van der Waals surface area contributed by atoms with Crippen molar-refractivity contribution in [2.45, 2.75) is 19.8 Å². The number of aromatic nitrogens is 2. The van der Waals surface area contributed by atoms with Gasteiger partial charge < -0.3 is 10.6 Å². The molecule has 0 radical (unpaired) electrons. The topological polar surface area (TPSA) is 125 Å². The molecule has 4 N–H and O–H groups in total. The number of carbonyl (C=O) groups excluding carboxylic acids is 2. The van der Waals surface area contributed by atoms with Crippen LogP contribution in [0.1, 0.15) is 30.1 Å². The lowest BCUT2D eigenvalue weighted by Crippen LogP contribution is -2.43. The maximum Gasteiger partial charge on any atom is 0.274 e. The molecule has 3 aromatic rings. The van der Waals surface area contributed by atoms with Crippen molar-refractivity contribution in [2.75, 3.05) is 18.4 Å². The van der Waals surface area contributed by atoms with Gasteiger partial charge in [0.25, 0.3) is 11.5 Å². The van der Waals surface area contributed by atoms with Gasteiger partial charge in [0.15, 0.2) is 0 Å². The Bertz CT molecular complexity index is 1210. The van der Waals surface area contributed by atoms with Crippen molar-refractivity contribution in [3.05, 3.63) is 64.6 Å². The number of piperidine rings is 1. The first-order chi connectivity index (χ1) is 14.9. The molecule has 0 aliphatic carbocycles. The van der Waals surface area contributed by atoms with Crippen molar-refractivity contribution >= 4 is 28.4 Å². The molecule has 0 saturated carbocycles. The molecule has 0 spiro atoms. The van der Waals surface area contributed by atoms with Crippen molar-refractivity contribution < 1.29 is 14.8 Å². The van der Waals surface area contributed by atoms with E-state index in [2.05, 4.69) is 15.6 Å². The Labute approximate surface area is 178 Å². The maximum absolute atomic E-state index is 13.1. The monoisotopic (exact) mass is 421 g/mol. The molecule has 1 saturated heterocycles. The van der Waals surface area contributed by atoms with Gasteiger partial charge in [0.05, 0.1) is 0 Å². The normalized spacial score (nSPS) is 15.4. The van der Waals surface area contributed by atoms with E-state index in [9.17, 15) is 14.4 Å². The number of nitrogens with one attached hydrogen (secondary N) is 3. The Morgan fingerprint density at radius 1 is 1.16 bits per heavy atom. The number of benzene rings is 1. The number of hydrogen-bond acceptors (Lipinski definition) is 6. The number of carbonyl (C=O) groups is 2. The Hall–Kier alpha value is -3.56. The molecule has 160 valence electrons. The van der Waals surface area contributed by atoms with E-state index in [4.69, 9.17) is 5.21 Å². The van der Waals surface area contributed by atoms with Gasteiger partial charge in [-0.05, 0) is 61.6 Å². The summed E-state index contributed by atoms with van der Waals surface area (Å²) in [6, 6.07) is 11.4. The van der Waals surface area contributed by atoms with Crippen LogP contribution < -0.4 is 21.7 Å². The second-order valence-corrected chi connectivity index (χ2v) is 7.88. The van der Waals surface area contributed by atoms with Crippen molar-refractivity contribution in [1.82, 2.24) is 20.3 Å². The number of anilines is 1. The average molecular weight is 421 g/mol. The van der Waals surface area contributed by atoms with Gasteiger partial charge in [-0.15, -0.1) is 0 Å². The fraction of sp³-hybridized carbons (Fsp3) is 0.273. The van der Waals surface area contributed by atoms with Crippen LogP contribution in [0.15, 0.2) is 53.5 Å². The van der Waals surface area contributed by atoms with Gasteiger partial charge in [0.2, 0.25) is 5.91 Å². The van der Waals surface area contributed by atoms with Gasteiger partial charge in [0.1, 0.15) is 11.6 Å². The van der Waals surface area contributed by atoms with E-state index < -0.39 is 11.3 Å². The Morgan fingerprint density at radius 3 is 2.68 bits per heavy atom. The fourth-order valence-electron chi connectivity index (χ4n) is 3.73. The van der Waals surface area contributed by atoms with Crippen LogP contribution in [-0.4, -0.2) is 39.7 Å². The molecule has 0 unspecified atom stereocenters. The largest absolute Gasteiger partial charge is 0.317 e. The molecule has 2 amide bonds. The molecule has 9 heteroatoms. The van der Waals surface area contributed by atoms with Crippen LogP contribution in [0, 0.1) is 5.41 Å². The number of rotatable bonds is 4. The number of hydrogen-bond donors (Lipinski definition) is 4. The molecule has 4 rings (SSSR count). The van der Waals surface area contributed by atoms with Crippen molar-refractivity contribution in [2.24, 2.45) is 5.41 Å². The summed E-state index contributed by atoms with van der Waals surface area (Å²) in [6.07, 6.45) is 3.08. The molecule has 0 bridgehead atoms. The molecular weight excluding hydrogens is 398 g/mol. The number of hydroxylamine groups is 1. The SMILES string of the molecule is CC1(C(=O)Nc2cccc(-n3ccc4ccc(C(=O)NO)cc4c3=O)n2)CCNCC1. The molecule has 1 aliphatic heterocycles. The predicted octanol–water partition coefficient (Wildman–Crippen LogP) is 1.83. The van der Waals surface area contributed by atoms with E-state index in [0.717, 1.165) is 25.9 Å².